The summed E-state index contributed by atoms with van der Waals surface area (Å²) in [6, 6.07) is 24.1. The minimum absolute atomic E-state index is 0.103. The van der Waals surface area contributed by atoms with Gasteiger partial charge in [-0.2, -0.15) is 0 Å². The molecular formula is C31H38NO2+. The average molecular weight is 457 g/mol. The molecule has 1 aliphatic carbocycles. The van der Waals surface area contributed by atoms with E-state index in [0.717, 1.165) is 30.7 Å². The van der Waals surface area contributed by atoms with Gasteiger partial charge in [-0.1, -0.05) is 61.5 Å². The van der Waals surface area contributed by atoms with Crippen LogP contribution >= 0.6 is 0 Å². The smallest absolute Gasteiger partial charge is 0.123 e. The molecular weight excluding hydrogens is 418 g/mol. The summed E-state index contributed by atoms with van der Waals surface area (Å²) in [4.78, 5) is 0. The normalized spacial score (nSPS) is 36.2. The molecule has 2 saturated heterocycles. The van der Waals surface area contributed by atoms with Gasteiger partial charge in [0, 0.05) is 23.3 Å². The van der Waals surface area contributed by atoms with E-state index >= 15 is 0 Å². The second-order valence-electron chi connectivity index (χ2n) is 11.7. The molecule has 0 N–H and O–H groups in total. The third-order valence-corrected chi connectivity index (χ3v) is 10.0. The van der Waals surface area contributed by atoms with E-state index in [4.69, 9.17) is 9.47 Å². The second kappa shape index (κ2) is 7.83. The lowest BCUT2D eigenvalue weighted by atomic mass is 9.76. The highest BCUT2D eigenvalue weighted by atomic mass is 16.5. The van der Waals surface area contributed by atoms with Gasteiger partial charge >= 0.3 is 0 Å². The van der Waals surface area contributed by atoms with Crippen LogP contribution in [0.1, 0.15) is 44.7 Å². The van der Waals surface area contributed by atoms with Crippen LogP contribution in [0.15, 0.2) is 66.7 Å². The molecule has 178 valence electrons. The number of nitrogens with zero attached hydrogens (tertiary/aromatic N) is 1. The fourth-order valence-electron chi connectivity index (χ4n) is 8.64. The highest BCUT2D eigenvalue weighted by Gasteiger charge is 2.76. The summed E-state index contributed by atoms with van der Waals surface area (Å²) < 4.78 is 13.4. The van der Waals surface area contributed by atoms with Crippen molar-refractivity contribution in [3.8, 4) is 5.75 Å². The van der Waals surface area contributed by atoms with Crippen molar-refractivity contribution in [3.05, 3.63) is 77.9 Å². The summed E-state index contributed by atoms with van der Waals surface area (Å²) in [5, 5.41) is 2.77. The fraction of sp³-hybridized carbons (Fsp3) is 0.484. The van der Waals surface area contributed by atoms with E-state index < -0.39 is 0 Å². The van der Waals surface area contributed by atoms with Crippen molar-refractivity contribution >= 4 is 10.8 Å². The molecule has 3 aromatic rings. The predicted molar refractivity (Wildman–Crippen MR) is 138 cm³/mol. The van der Waals surface area contributed by atoms with E-state index in [1.54, 1.807) is 7.11 Å². The zero-order chi connectivity index (χ0) is 23.6. The number of benzene rings is 3. The summed E-state index contributed by atoms with van der Waals surface area (Å²) in [6.45, 7) is 11.7. The molecule has 3 fully saturated rings. The number of rotatable bonds is 6. The molecule has 0 amide bonds. The molecule has 0 unspecified atom stereocenters. The molecule has 3 heteroatoms. The first-order chi connectivity index (χ1) is 16.4. The highest BCUT2D eigenvalue weighted by molar-refractivity contribution is 5.85. The molecule has 2 aliphatic heterocycles. The Bertz CT molecular complexity index is 1200. The fourth-order valence-corrected chi connectivity index (χ4v) is 8.64. The number of ether oxygens (including phenoxy) is 2. The summed E-state index contributed by atoms with van der Waals surface area (Å²) in [5.74, 6) is 3.06. The van der Waals surface area contributed by atoms with Crippen LogP contribution in [-0.4, -0.2) is 35.8 Å². The molecule has 6 rings (SSSR count). The van der Waals surface area contributed by atoms with Crippen LogP contribution < -0.4 is 4.74 Å². The van der Waals surface area contributed by atoms with E-state index in [2.05, 4.69) is 75.4 Å². The lowest BCUT2D eigenvalue weighted by Gasteiger charge is -2.44. The molecule has 0 bridgehead atoms. The van der Waals surface area contributed by atoms with Crippen molar-refractivity contribution in [2.24, 2.45) is 17.8 Å². The van der Waals surface area contributed by atoms with E-state index in [1.165, 1.54) is 45.8 Å². The van der Waals surface area contributed by atoms with Crippen molar-refractivity contribution < 1.29 is 14.0 Å². The van der Waals surface area contributed by atoms with Gasteiger partial charge in [0.05, 0.1) is 20.3 Å². The predicted octanol–water partition coefficient (Wildman–Crippen LogP) is 6.59. The number of fused-ring (bicyclic) bond motifs is 1. The van der Waals surface area contributed by atoms with Crippen LogP contribution in [0, 0.1) is 17.8 Å². The molecule has 3 aliphatic rings. The Labute approximate surface area is 204 Å². The van der Waals surface area contributed by atoms with Gasteiger partial charge in [-0.05, 0) is 55.2 Å². The van der Waals surface area contributed by atoms with Crippen molar-refractivity contribution in [3.63, 3.8) is 0 Å². The van der Waals surface area contributed by atoms with Gasteiger partial charge in [-0.3, -0.25) is 0 Å². The zero-order valence-corrected chi connectivity index (χ0v) is 21.1. The maximum absolute atomic E-state index is 6.91. The standard InChI is InChI=1S/C31H38NO2/c1-22-18-32(19-25-10-7-9-24-8-5-6-11-27(24)25)21-30(2,29-17-16-28(22)31(29,32)3)34-20-23-12-14-26(33-4)15-13-23/h5-15,22,28-29H,16-21H2,1-4H3/q+1/t22-,28+,29-,30-,31-,32-/m1/s1. The van der Waals surface area contributed by atoms with Crippen LogP contribution in [-0.2, 0) is 17.9 Å². The highest BCUT2D eigenvalue weighted by Crippen LogP contribution is 2.65. The first kappa shape index (κ1) is 22.1. The topological polar surface area (TPSA) is 18.5 Å². The third-order valence-electron chi connectivity index (χ3n) is 10.0. The molecule has 0 spiro atoms. The van der Waals surface area contributed by atoms with Crippen LogP contribution in [0.2, 0.25) is 0 Å². The number of hydrogen-bond acceptors (Lipinski definition) is 2. The van der Waals surface area contributed by atoms with Gasteiger partial charge < -0.3 is 14.0 Å². The quantitative estimate of drug-likeness (QED) is 0.390. The van der Waals surface area contributed by atoms with Crippen molar-refractivity contribution in [2.75, 3.05) is 20.2 Å². The molecule has 3 aromatic carbocycles. The third kappa shape index (κ3) is 3.09. The Morgan fingerprint density at radius 1 is 0.941 bits per heavy atom. The van der Waals surface area contributed by atoms with Crippen molar-refractivity contribution in [1.29, 1.82) is 0 Å². The Morgan fingerprint density at radius 2 is 1.71 bits per heavy atom. The first-order valence-electron chi connectivity index (χ1n) is 13.0. The molecule has 1 saturated carbocycles. The van der Waals surface area contributed by atoms with Crippen molar-refractivity contribution in [1.82, 2.24) is 0 Å². The molecule has 6 atom stereocenters. The summed E-state index contributed by atoms with van der Waals surface area (Å²) in [7, 11) is 1.72. The summed E-state index contributed by atoms with van der Waals surface area (Å²) >= 11 is 0. The lowest BCUT2D eigenvalue weighted by Crippen LogP contribution is -2.57. The second-order valence-corrected chi connectivity index (χ2v) is 11.7. The minimum Gasteiger partial charge on any atom is -0.497 e. The largest absolute Gasteiger partial charge is 0.497 e. The van der Waals surface area contributed by atoms with Crippen LogP contribution in [0.25, 0.3) is 10.8 Å². The molecule has 0 radical (unpaired) electrons. The van der Waals surface area contributed by atoms with Crippen LogP contribution in [0.3, 0.4) is 0 Å². The van der Waals surface area contributed by atoms with Gasteiger partial charge in [-0.15, -0.1) is 0 Å². The molecule has 2 heterocycles. The van der Waals surface area contributed by atoms with Gasteiger partial charge in [0.25, 0.3) is 0 Å². The Balaban J connectivity index is 1.34. The van der Waals surface area contributed by atoms with E-state index in [9.17, 15) is 0 Å². The zero-order valence-electron chi connectivity index (χ0n) is 21.1. The van der Waals surface area contributed by atoms with Crippen LogP contribution in [0.4, 0.5) is 0 Å². The average Bonchev–Trinajstić information content (AvgIpc) is 3.38. The van der Waals surface area contributed by atoms with Gasteiger partial charge in [-0.25, -0.2) is 0 Å². The van der Waals surface area contributed by atoms with E-state index in [-0.39, 0.29) is 11.1 Å². The first-order valence-corrected chi connectivity index (χ1v) is 13.0. The van der Waals surface area contributed by atoms with E-state index in [1.807, 2.05) is 12.1 Å². The van der Waals surface area contributed by atoms with Crippen LogP contribution in [0.5, 0.6) is 5.75 Å². The van der Waals surface area contributed by atoms with E-state index in [0.29, 0.717) is 12.5 Å². The number of hydrogen-bond donors (Lipinski definition) is 0. The van der Waals surface area contributed by atoms with Crippen molar-refractivity contribution in [2.45, 2.75) is 57.9 Å². The monoisotopic (exact) mass is 456 g/mol. The van der Waals surface area contributed by atoms with Gasteiger partial charge in [0.15, 0.2) is 0 Å². The number of methoxy groups -OCH3 is 1. The van der Waals surface area contributed by atoms with Gasteiger partial charge in [0.1, 0.15) is 30.0 Å². The minimum atomic E-state index is -0.103. The summed E-state index contributed by atoms with van der Waals surface area (Å²) in [6.07, 6.45) is 2.64. The maximum atomic E-state index is 6.91. The molecule has 3 nitrogen and oxygen atoms in total. The number of quaternary nitrogens is 1. The Morgan fingerprint density at radius 3 is 2.50 bits per heavy atom. The Kier molecular flexibility index (Phi) is 5.09. The molecule has 34 heavy (non-hydrogen) atoms. The Hall–Kier alpha value is -2.36. The molecule has 0 aromatic heterocycles. The van der Waals surface area contributed by atoms with Gasteiger partial charge in [0.2, 0.25) is 0 Å². The lowest BCUT2D eigenvalue weighted by molar-refractivity contribution is -0.967. The SMILES string of the molecule is COc1ccc(CO[C@]2(C)C[N@+]3(Cc4cccc5ccccc45)C[C@@H](C)[C@@H]4CC[C@H]2[C@@]43C)cc1. The summed E-state index contributed by atoms with van der Waals surface area (Å²) in [5.41, 5.74) is 2.90. The maximum Gasteiger partial charge on any atom is 0.123 e.